The minimum atomic E-state index is -1.06. The molecule has 33 heavy (non-hydrogen) atoms. The van der Waals surface area contributed by atoms with Gasteiger partial charge in [0.1, 0.15) is 12.4 Å². The molecule has 0 aliphatic carbocycles. The Balaban J connectivity index is 1.62. The number of hydrogen-bond acceptors (Lipinski definition) is 7. The fourth-order valence-electron chi connectivity index (χ4n) is 3.16. The van der Waals surface area contributed by atoms with Crippen molar-refractivity contribution in [3.05, 3.63) is 71.7 Å². The molecule has 1 unspecified atom stereocenters. The van der Waals surface area contributed by atoms with Crippen LogP contribution in [0.25, 0.3) is 0 Å². The number of aromatic nitrogens is 1. The Morgan fingerprint density at radius 1 is 1.18 bits per heavy atom. The van der Waals surface area contributed by atoms with Crippen LogP contribution in [-0.4, -0.2) is 39.1 Å². The second-order valence-corrected chi connectivity index (χ2v) is 8.70. The van der Waals surface area contributed by atoms with Gasteiger partial charge in [0.05, 0.1) is 23.8 Å². The topological polar surface area (TPSA) is 115 Å². The molecule has 0 saturated carbocycles. The number of nitrogens with one attached hydrogen (secondary N) is 1. The number of benzene rings is 1. The van der Waals surface area contributed by atoms with E-state index in [9.17, 15) is 14.4 Å². The summed E-state index contributed by atoms with van der Waals surface area (Å²) in [7, 11) is 0. The number of carboxylic acid groups (broad SMARTS) is 1. The summed E-state index contributed by atoms with van der Waals surface area (Å²) in [6.45, 7) is 5.93. The summed E-state index contributed by atoms with van der Waals surface area (Å²) >= 11 is 1.23. The second kappa shape index (κ2) is 11.5. The number of pyridine rings is 1. The van der Waals surface area contributed by atoms with Crippen molar-refractivity contribution >= 4 is 28.9 Å². The Labute approximate surface area is 196 Å². The van der Waals surface area contributed by atoms with Crippen LogP contribution in [0.5, 0.6) is 5.75 Å². The van der Waals surface area contributed by atoms with E-state index in [1.807, 2.05) is 37.3 Å². The van der Waals surface area contributed by atoms with Gasteiger partial charge in [-0.1, -0.05) is 43.5 Å². The first-order chi connectivity index (χ1) is 15.8. The van der Waals surface area contributed by atoms with Crippen LogP contribution in [0.2, 0.25) is 0 Å². The average molecular weight is 471 g/mol. The highest BCUT2D eigenvalue weighted by atomic mass is 32.2. The largest absolute Gasteiger partial charge is 0.489 e. The normalized spacial score (nSPS) is 16.2. The van der Waals surface area contributed by atoms with Crippen LogP contribution in [0.4, 0.5) is 4.79 Å². The third kappa shape index (κ3) is 7.35. The zero-order valence-electron chi connectivity index (χ0n) is 18.3. The zero-order chi connectivity index (χ0) is 23.8. The standard InChI is InChI=1S/C24H26N2O6S/c1-3-16-6-9-19(25-13-16)20(32-23(29)11-10-22(27)28)14-31-18-7-4-17(5-8-18)12-21-15(2)26-24(30)33-21/h4-9,13,20-21H,2-3,10-12,14H2,1H3,(H,26,30)(H,27,28)/t20-,21?/m1/s1. The van der Waals surface area contributed by atoms with Crippen molar-refractivity contribution in [3.63, 3.8) is 0 Å². The molecule has 2 N–H and O–H groups in total. The van der Waals surface area contributed by atoms with Crippen LogP contribution >= 0.6 is 11.8 Å². The minimum absolute atomic E-state index is 0.00368. The van der Waals surface area contributed by atoms with Gasteiger partial charge in [0.2, 0.25) is 0 Å². The number of aryl methyl sites for hydroxylation is 1. The highest BCUT2D eigenvalue weighted by molar-refractivity contribution is 8.14. The van der Waals surface area contributed by atoms with Crippen LogP contribution in [0.3, 0.4) is 0 Å². The number of nitrogens with zero attached hydrogens (tertiary/aromatic N) is 1. The molecule has 1 aliphatic heterocycles. The van der Waals surface area contributed by atoms with Crippen LogP contribution in [0, 0.1) is 0 Å². The fraction of sp³-hybridized carbons (Fsp3) is 0.333. The van der Waals surface area contributed by atoms with Gasteiger partial charge in [0.15, 0.2) is 6.10 Å². The predicted octanol–water partition coefficient (Wildman–Crippen LogP) is 4.05. The van der Waals surface area contributed by atoms with E-state index in [4.69, 9.17) is 14.6 Å². The van der Waals surface area contributed by atoms with Crippen molar-refractivity contribution in [2.75, 3.05) is 6.61 Å². The quantitative estimate of drug-likeness (QED) is 0.473. The maximum Gasteiger partial charge on any atom is 0.307 e. The minimum Gasteiger partial charge on any atom is -0.489 e. The van der Waals surface area contributed by atoms with Crippen LogP contribution in [0.1, 0.15) is 42.7 Å². The van der Waals surface area contributed by atoms with Gasteiger partial charge in [-0.3, -0.25) is 19.4 Å². The maximum absolute atomic E-state index is 12.1. The van der Waals surface area contributed by atoms with E-state index < -0.39 is 18.0 Å². The lowest BCUT2D eigenvalue weighted by Gasteiger charge is -2.18. The highest BCUT2D eigenvalue weighted by Gasteiger charge is 2.26. The molecule has 1 aromatic heterocycles. The Morgan fingerprint density at radius 3 is 2.48 bits per heavy atom. The number of amides is 1. The van der Waals surface area contributed by atoms with Crippen molar-refractivity contribution in [1.82, 2.24) is 10.3 Å². The number of rotatable bonds is 11. The Hall–Kier alpha value is -3.33. The summed E-state index contributed by atoms with van der Waals surface area (Å²) < 4.78 is 11.3. The lowest BCUT2D eigenvalue weighted by Crippen LogP contribution is -2.19. The van der Waals surface area contributed by atoms with Crippen LogP contribution in [-0.2, 0) is 27.2 Å². The van der Waals surface area contributed by atoms with E-state index >= 15 is 0 Å². The number of carboxylic acids is 1. The number of hydrogen-bond donors (Lipinski definition) is 2. The smallest absolute Gasteiger partial charge is 0.307 e. The SMILES string of the molecule is C=C1NC(=O)SC1Cc1ccc(OC[C@@H](OC(=O)CCC(=O)O)c2ccc(CC)cn2)cc1. The van der Waals surface area contributed by atoms with Gasteiger partial charge < -0.3 is 19.9 Å². The molecule has 9 heteroatoms. The fourth-order valence-corrected chi connectivity index (χ4v) is 4.08. The zero-order valence-corrected chi connectivity index (χ0v) is 19.1. The van der Waals surface area contributed by atoms with E-state index in [2.05, 4.69) is 16.9 Å². The molecule has 1 aliphatic rings. The van der Waals surface area contributed by atoms with Crippen LogP contribution in [0.15, 0.2) is 54.9 Å². The van der Waals surface area contributed by atoms with E-state index in [1.165, 1.54) is 11.8 Å². The predicted molar refractivity (Wildman–Crippen MR) is 124 cm³/mol. The molecule has 3 rings (SSSR count). The molecule has 0 bridgehead atoms. The lowest BCUT2D eigenvalue weighted by molar-refractivity contribution is -0.153. The van der Waals surface area contributed by atoms with Crippen LogP contribution < -0.4 is 10.1 Å². The summed E-state index contributed by atoms with van der Waals surface area (Å²) in [4.78, 5) is 38.7. The Morgan fingerprint density at radius 2 is 1.91 bits per heavy atom. The van der Waals surface area contributed by atoms with Gasteiger partial charge in [-0.2, -0.15) is 0 Å². The molecule has 1 saturated heterocycles. The first kappa shape index (κ1) is 24.3. The molecule has 1 aromatic carbocycles. The Kier molecular flexibility index (Phi) is 8.48. The molecule has 2 aromatic rings. The molecular formula is C24H26N2O6S. The van der Waals surface area contributed by atoms with Gasteiger partial charge in [0, 0.05) is 11.9 Å². The molecule has 8 nitrogen and oxygen atoms in total. The summed E-state index contributed by atoms with van der Waals surface area (Å²) in [6, 6.07) is 11.1. The summed E-state index contributed by atoms with van der Waals surface area (Å²) in [5, 5.41) is 11.4. The van der Waals surface area contributed by atoms with Crippen molar-refractivity contribution in [3.8, 4) is 5.75 Å². The number of carbonyl (C=O) groups excluding carboxylic acids is 2. The molecule has 2 heterocycles. The van der Waals surface area contributed by atoms with Gasteiger partial charge >= 0.3 is 11.9 Å². The lowest BCUT2D eigenvalue weighted by atomic mass is 10.1. The van der Waals surface area contributed by atoms with Gasteiger partial charge in [-0.15, -0.1) is 0 Å². The van der Waals surface area contributed by atoms with E-state index in [0.29, 0.717) is 23.6 Å². The summed E-state index contributed by atoms with van der Waals surface area (Å²) in [5.74, 6) is -1.10. The Bertz CT molecular complexity index is 1010. The van der Waals surface area contributed by atoms with E-state index in [0.717, 1.165) is 17.5 Å². The molecule has 1 fully saturated rings. The molecule has 0 spiro atoms. The van der Waals surface area contributed by atoms with E-state index in [1.54, 1.807) is 12.3 Å². The number of esters is 1. The van der Waals surface area contributed by atoms with Gasteiger partial charge in [-0.25, -0.2) is 0 Å². The van der Waals surface area contributed by atoms with Crippen molar-refractivity contribution < 1.29 is 29.0 Å². The van der Waals surface area contributed by atoms with Crippen molar-refractivity contribution in [2.45, 2.75) is 44.0 Å². The van der Waals surface area contributed by atoms with E-state index in [-0.39, 0.29) is 29.9 Å². The third-order valence-corrected chi connectivity index (χ3v) is 6.10. The first-order valence-electron chi connectivity index (χ1n) is 10.6. The van der Waals surface area contributed by atoms with Gasteiger partial charge in [0.25, 0.3) is 5.24 Å². The molecule has 174 valence electrons. The second-order valence-electron chi connectivity index (χ2n) is 7.52. The monoisotopic (exact) mass is 470 g/mol. The summed E-state index contributed by atoms with van der Waals surface area (Å²) in [6.07, 6.45) is 1.91. The highest BCUT2D eigenvalue weighted by Crippen LogP contribution is 2.29. The average Bonchev–Trinajstić information content (AvgIpc) is 3.12. The number of carbonyl (C=O) groups is 3. The van der Waals surface area contributed by atoms with Crippen molar-refractivity contribution in [2.24, 2.45) is 0 Å². The first-order valence-corrected chi connectivity index (χ1v) is 11.5. The van der Waals surface area contributed by atoms with Crippen molar-refractivity contribution in [1.29, 1.82) is 0 Å². The number of thioether (sulfide) groups is 1. The molecule has 1 amide bonds. The summed E-state index contributed by atoms with van der Waals surface area (Å²) in [5.41, 5.74) is 3.32. The molecule has 0 radical (unpaired) electrons. The maximum atomic E-state index is 12.1. The number of ether oxygens (including phenoxy) is 2. The van der Waals surface area contributed by atoms with Gasteiger partial charge in [-0.05, 0) is 42.2 Å². The third-order valence-electron chi connectivity index (χ3n) is 5.05. The molecule has 2 atom stereocenters. The number of aliphatic carboxylic acids is 1. The molecular weight excluding hydrogens is 444 g/mol.